The molecule has 6 heterocycles. The first kappa shape index (κ1) is 57.2. The number of piperazine rings is 1. The van der Waals surface area contributed by atoms with Gasteiger partial charge in [-0.05, 0) is 105 Å². The fourth-order valence-corrected chi connectivity index (χ4v) is 12.1. The minimum atomic E-state index is -4.67. The highest BCUT2D eigenvalue weighted by Crippen LogP contribution is 2.40. The number of aromatic nitrogens is 5. The molecule has 0 bridgehead atoms. The third kappa shape index (κ3) is 12.4. The average molecular weight is 1140 g/mol. The third-order valence-electron chi connectivity index (χ3n) is 16.1. The molecule has 4 aromatic carbocycles. The first-order chi connectivity index (χ1) is 39.4. The zero-order valence-corrected chi connectivity index (χ0v) is 46.6. The number of alkyl halides is 3. The van der Waals surface area contributed by atoms with Crippen LogP contribution in [0.3, 0.4) is 0 Å². The van der Waals surface area contributed by atoms with Gasteiger partial charge in [0.1, 0.15) is 30.5 Å². The Hall–Kier alpha value is -8.00. The molecule has 430 valence electrons. The lowest BCUT2D eigenvalue weighted by molar-refractivity contribution is -0.129. The van der Waals surface area contributed by atoms with E-state index in [-0.39, 0.29) is 83.7 Å². The summed E-state index contributed by atoms with van der Waals surface area (Å²) in [7, 11) is 2.01. The Bertz CT molecular complexity index is 3410. The summed E-state index contributed by atoms with van der Waals surface area (Å²) < 4.78 is 47.2. The van der Waals surface area contributed by atoms with Crippen LogP contribution in [0.4, 0.5) is 24.7 Å². The summed E-state index contributed by atoms with van der Waals surface area (Å²) in [5, 5.41) is 47.1. The number of phenols is 2. The summed E-state index contributed by atoms with van der Waals surface area (Å²) in [6.45, 7) is 11.1. The number of nitriles is 1. The SMILES string of the molecule is C=CC(=O)N1CCN(c2nc(OC[C@@H]3C[C@@H](NC(=O)C4CCN(Cc5ccc(-n6c(C(=O)NCC(F)(F)F)nnc6-c6cc(C(C)C)c(O)cc6O)cc5)CC4)CN3C)nc3c2CCN(c2cccc4cccc(Cl)c24)C3)C[C@@H]1CC#N. The van der Waals surface area contributed by atoms with Gasteiger partial charge in [0.05, 0.1) is 41.4 Å². The molecule has 4 aliphatic rings. The molecule has 6 aromatic rings. The number of anilines is 2. The first-order valence-electron chi connectivity index (χ1n) is 27.5. The van der Waals surface area contributed by atoms with Gasteiger partial charge >= 0.3 is 12.2 Å². The predicted molar refractivity (Wildman–Crippen MR) is 303 cm³/mol. The van der Waals surface area contributed by atoms with Crippen molar-refractivity contribution in [2.45, 2.75) is 89.3 Å². The van der Waals surface area contributed by atoms with Gasteiger partial charge in [0.2, 0.25) is 17.6 Å². The second-order valence-corrected chi connectivity index (χ2v) is 22.3. The molecular formula is C59H65ClF3N13O6. The molecule has 3 amide bonds. The molecule has 0 unspecified atom stereocenters. The molecule has 2 aromatic heterocycles. The molecule has 82 heavy (non-hydrogen) atoms. The Kier molecular flexibility index (Phi) is 16.9. The monoisotopic (exact) mass is 1140 g/mol. The number of phenolic OH excluding ortho intramolecular Hbond substituents is 2. The normalized spacial score (nSPS) is 19.1. The van der Waals surface area contributed by atoms with Gasteiger partial charge in [0.25, 0.3) is 5.91 Å². The number of aromatic hydroxyl groups is 2. The Balaban J connectivity index is 0.772. The van der Waals surface area contributed by atoms with E-state index in [1.165, 1.54) is 16.7 Å². The van der Waals surface area contributed by atoms with Gasteiger partial charge in [0.15, 0.2) is 5.82 Å². The van der Waals surface area contributed by atoms with Gasteiger partial charge in [-0.1, -0.05) is 68.4 Å². The van der Waals surface area contributed by atoms with E-state index in [0.717, 1.165) is 45.2 Å². The lowest BCUT2D eigenvalue weighted by Crippen LogP contribution is -2.55. The summed E-state index contributed by atoms with van der Waals surface area (Å²) in [6.07, 6.45) is -0.621. The van der Waals surface area contributed by atoms with Crippen molar-refractivity contribution in [1.82, 2.24) is 50.1 Å². The molecule has 4 aliphatic heterocycles. The van der Waals surface area contributed by atoms with Crippen LogP contribution in [0.2, 0.25) is 5.02 Å². The topological polar surface area (TPSA) is 221 Å². The second kappa shape index (κ2) is 24.2. The number of ether oxygens (including phenoxy) is 1. The van der Waals surface area contributed by atoms with Gasteiger partial charge in [-0.25, -0.2) is 0 Å². The quantitative estimate of drug-likeness (QED) is 0.0689. The van der Waals surface area contributed by atoms with Gasteiger partial charge in [-0.2, -0.15) is 28.4 Å². The molecule has 3 saturated heterocycles. The van der Waals surface area contributed by atoms with Gasteiger partial charge in [-0.3, -0.25) is 28.8 Å². The molecule has 3 atom stereocenters. The van der Waals surface area contributed by atoms with Crippen LogP contribution >= 0.6 is 11.6 Å². The van der Waals surface area contributed by atoms with Gasteiger partial charge in [0, 0.05) is 85.7 Å². The maximum Gasteiger partial charge on any atom is 0.405 e. The van der Waals surface area contributed by atoms with Crippen LogP contribution in [0, 0.1) is 17.2 Å². The van der Waals surface area contributed by atoms with Crippen molar-refractivity contribution < 1.29 is 42.5 Å². The van der Waals surface area contributed by atoms with Crippen molar-refractivity contribution in [3.05, 3.63) is 119 Å². The van der Waals surface area contributed by atoms with E-state index < -0.39 is 24.5 Å². The van der Waals surface area contributed by atoms with Crippen molar-refractivity contribution in [2.75, 3.05) is 75.8 Å². The number of likely N-dealkylation sites (N-methyl/N-ethyl adjacent to an activating group) is 1. The number of fused-ring (bicyclic) bond motifs is 2. The first-order valence-corrected chi connectivity index (χ1v) is 27.9. The van der Waals surface area contributed by atoms with Crippen LogP contribution in [0.25, 0.3) is 27.8 Å². The number of hydrogen-bond donors (Lipinski definition) is 4. The number of nitrogens with zero attached hydrogens (tertiary/aromatic N) is 11. The largest absolute Gasteiger partial charge is 0.508 e. The lowest BCUT2D eigenvalue weighted by atomic mass is 9.95. The number of nitrogens with one attached hydrogen (secondary N) is 2. The van der Waals surface area contributed by atoms with Crippen LogP contribution < -0.4 is 25.2 Å². The standard InChI is InChI=1S/C59H65ClF3N13O6/c1-5-51(79)75-25-24-74(31-41(75)16-20-64)53-43-19-23-73(48-11-7-9-37-8-6-10-46(60)52(37)48)32-47(43)67-58(68-53)82-33-42-26-39(30-71(42)4)66-56(80)38-17-21-72(22-18-38)29-36-12-14-40(15-13-36)76-54(45-27-44(35(2)3)49(77)28-50(45)78)69-70-55(76)57(81)65-34-59(61,62)63/h5-15,27-28,35,38-39,41-42,77-78H,1,16-19,21-26,29-34H2,2-4H3,(H,65,81)(H,66,80)/t39-,41+,42+/m1/s1. The molecule has 3 fully saturated rings. The summed E-state index contributed by atoms with van der Waals surface area (Å²) >= 11 is 6.80. The number of carbonyl (C=O) groups is 3. The Labute approximate surface area is 477 Å². The number of rotatable bonds is 16. The lowest BCUT2D eigenvalue weighted by Gasteiger charge is -2.42. The smallest absolute Gasteiger partial charge is 0.405 e. The fraction of sp³-hybridized carbons (Fsp3) is 0.424. The number of likely N-dealkylation sites (tertiary alicyclic amines) is 2. The minimum absolute atomic E-state index is 0.00765. The maximum atomic E-state index is 13.8. The predicted octanol–water partition coefficient (Wildman–Crippen LogP) is 7.52. The van der Waals surface area contributed by atoms with Gasteiger partial charge < -0.3 is 40.3 Å². The Morgan fingerprint density at radius 3 is 2.41 bits per heavy atom. The molecule has 0 radical (unpaired) electrons. The highest BCUT2D eigenvalue weighted by atomic mass is 35.5. The summed E-state index contributed by atoms with van der Waals surface area (Å²) in [5.41, 5.74) is 4.71. The zero-order chi connectivity index (χ0) is 58.0. The van der Waals surface area contributed by atoms with Crippen LogP contribution in [0.5, 0.6) is 17.5 Å². The van der Waals surface area contributed by atoms with Crippen LogP contribution in [0.15, 0.2) is 85.5 Å². The molecule has 0 aliphatic carbocycles. The molecule has 23 heteroatoms. The molecule has 0 spiro atoms. The third-order valence-corrected chi connectivity index (χ3v) is 16.4. The summed E-state index contributed by atoms with van der Waals surface area (Å²) in [5.74, 6) is -1.88. The minimum Gasteiger partial charge on any atom is -0.508 e. The summed E-state index contributed by atoms with van der Waals surface area (Å²) in [6, 6.07) is 23.8. The second-order valence-electron chi connectivity index (χ2n) is 21.9. The molecular weight excluding hydrogens is 1080 g/mol. The number of piperidine rings is 1. The molecule has 10 rings (SSSR count). The van der Waals surface area contributed by atoms with E-state index in [1.54, 1.807) is 17.0 Å². The highest BCUT2D eigenvalue weighted by molar-refractivity contribution is 6.36. The van der Waals surface area contributed by atoms with Crippen LogP contribution in [-0.2, 0) is 29.1 Å². The van der Waals surface area contributed by atoms with E-state index in [4.69, 9.17) is 26.3 Å². The Morgan fingerprint density at radius 2 is 1.70 bits per heavy atom. The van der Waals surface area contributed by atoms with Crippen LogP contribution in [0.1, 0.15) is 78.5 Å². The zero-order valence-electron chi connectivity index (χ0n) is 45.9. The van der Waals surface area contributed by atoms with Crippen LogP contribution in [-0.4, -0.2) is 158 Å². The Morgan fingerprint density at radius 1 is 0.939 bits per heavy atom. The van der Waals surface area contributed by atoms with E-state index in [2.05, 4.69) is 53.8 Å². The molecule has 4 N–H and O–H groups in total. The van der Waals surface area contributed by atoms with E-state index >= 15 is 0 Å². The summed E-state index contributed by atoms with van der Waals surface area (Å²) in [4.78, 5) is 60.5. The number of amides is 3. The number of hydrogen-bond acceptors (Lipinski definition) is 15. The number of carbonyl (C=O) groups excluding carboxylic acids is 3. The van der Waals surface area contributed by atoms with Crippen molar-refractivity contribution in [3.63, 3.8) is 0 Å². The van der Waals surface area contributed by atoms with Crippen molar-refractivity contribution in [2.24, 2.45) is 5.92 Å². The van der Waals surface area contributed by atoms with E-state index in [0.29, 0.717) is 101 Å². The van der Waals surface area contributed by atoms with Crippen molar-refractivity contribution in [3.8, 4) is 40.7 Å². The van der Waals surface area contributed by atoms with E-state index in [9.17, 15) is 43.0 Å². The van der Waals surface area contributed by atoms with E-state index in [1.807, 2.05) is 68.7 Å². The average Bonchev–Trinajstić information content (AvgIpc) is 4.08. The maximum absolute atomic E-state index is 13.8. The van der Waals surface area contributed by atoms with Gasteiger partial charge in [-0.15, -0.1) is 10.2 Å². The fourth-order valence-electron chi connectivity index (χ4n) is 11.8. The number of halogens is 4. The molecule has 19 nitrogen and oxygen atoms in total. The van der Waals surface area contributed by atoms with Crippen molar-refractivity contribution in [1.29, 1.82) is 5.26 Å². The molecule has 0 saturated carbocycles. The number of benzene rings is 4. The van der Waals surface area contributed by atoms with Crippen molar-refractivity contribution >= 4 is 51.6 Å². The highest BCUT2D eigenvalue weighted by Gasteiger charge is 2.37.